The number of nitrogens with zero attached hydrogens (tertiary/aromatic N) is 1. The predicted molar refractivity (Wildman–Crippen MR) is 79.7 cm³/mol. The Morgan fingerprint density at radius 1 is 1.00 bits per heavy atom. The maximum Gasteiger partial charge on any atom is 0.716 e. The van der Waals surface area contributed by atoms with Gasteiger partial charge in [-0.1, -0.05) is 13.3 Å². The third-order valence-corrected chi connectivity index (χ3v) is 3.67. The van der Waals surface area contributed by atoms with E-state index in [1.807, 2.05) is 0 Å². The number of unbranched alkanes of at least 4 members (excludes halogenated alkanes) is 1. The maximum absolute atomic E-state index is 11.7. The fourth-order valence-electron chi connectivity index (χ4n) is 1.73. The van der Waals surface area contributed by atoms with Crippen molar-refractivity contribution in [3.05, 3.63) is 0 Å². The van der Waals surface area contributed by atoms with Crippen LogP contribution in [0.25, 0.3) is 0 Å². The Kier molecular flexibility index (Phi) is 11.3. The Morgan fingerprint density at radius 2 is 1.55 bits per heavy atom. The molecule has 0 aromatic heterocycles. The summed E-state index contributed by atoms with van der Waals surface area (Å²) in [4.78, 5) is 0. The summed E-state index contributed by atoms with van der Waals surface area (Å²) >= 11 is 0. The van der Waals surface area contributed by atoms with E-state index in [-0.39, 0.29) is 0 Å². The molecule has 0 saturated carbocycles. The third-order valence-electron chi connectivity index (χ3n) is 2.91. The molecule has 0 aromatic carbocycles. The maximum atomic E-state index is 11.7. The highest BCUT2D eigenvalue weighted by atomic mass is 31.1. The molecule has 0 aliphatic carbocycles. The Balaban J connectivity index is 2.25. The molecule has 0 bridgehead atoms. The van der Waals surface area contributed by atoms with E-state index in [4.69, 9.17) is 9.15 Å². The number of hydroxylamine groups is 2. The Bertz CT molecular complexity index is 247. The Hall–Kier alpha value is -0.140. The van der Waals surface area contributed by atoms with Gasteiger partial charge in [-0.2, -0.15) is 0 Å². The molecule has 0 spiro atoms. The standard InChI is InChI=1S/C12H28N4O3P/c1-2-3-12-18-20(17)19-16-10-8-14-6-4-13-5-7-15-9-11-16/h13-15H,2-12H2,1H3/q+1. The minimum absolute atomic E-state index is 0.488. The van der Waals surface area contributed by atoms with Crippen molar-refractivity contribution in [2.45, 2.75) is 19.8 Å². The molecule has 0 aromatic rings. The van der Waals surface area contributed by atoms with E-state index >= 15 is 0 Å². The Labute approximate surface area is 122 Å². The Morgan fingerprint density at radius 3 is 2.10 bits per heavy atom. The average Bonchev–Trinajstić information content (AvgIpc) is 2.42. The van der Waals surface area contributed by atoms with Crippen LogP contribution in [0.3, 0.4) is 0 Å². The molecule has 7 nitrogen and oxygen atoms in total. The molecule has 1 unspecified atom stereocenters. The molecule has 20 heavy (non-hydrogen) atoms. The minimum atomic E-state index is -2.05. The van der Waals surface area contributed by atoms with Crippen LogP contribution >= 0.6 is 8.25 Å². The molecule has 1 rings (SSSR count). The second-order valence-electron chi connectivity index (χ2n) is 4.67. The highest BCUT2D eigenvalue weighted by Gasteiger charge is 2.25. The molecule has 1 aliphatic rings. The van der Waals surface area contributed by atoms with Gasteiger partial charge in [0.1, 0.15) is 6.61 Å². The number of rotatable bonds is 6. The summed E-state index contributed by atoms with van der Waals surface area (Å²) in [6.45, 7) is 9.31. The van der Waals surface area contributed by atoms with Crippen LogP contribution in [0.5, 0.6) is 0 Å². The van der Waals surface area contributed by atoms with Crippen molar-refractivity contribution in [2.75, 3.05) is 59.0 Å². The summed E-state index contributed by atoms with van der Waals surface area (Å²) in [6, 6.07) is 0. The first kappa shape index (κ1) is 17.9. The molecule has 1 heterocycles. The van der Waals surface area contributed by atoms with Gasteiger partial charge >= 0.3 is 8.25 Å². The van der Waals surface area contributed by atoms with Gasteiger partial charge in [-0.3, -0.25) is 0 Å². The number of nitrogens with one attached hydrogen (secondary N) is 3. The molecule has 1 fully saturated rings. The summed E-state index contributed by atoms with van der Waals surface area (Å²) in [5.41, 5.74) is 0. The highest BCUT2D eigenvalue weighted by molar-refractivity contribution is 7.33. The van der Waals surface area contributed by atoms with Gasteiger partial charge in [0.25, 0.3) is 0 Å². The van der Waals surface area contributed by atoms with Crippen LogP contribution < -0.4 is 16.0 Å². The molecule has 0 amide bonds. The monoisotopic (exact) mass is 307 g/mol. The van der Waals surface area contributed by atoms with Gasteiger partial charge < -0.3 is 16.0 Å². The molecule has 3 N–H and O–H groups in total. The van der Waals surface area contributed by atoms with Crippen LogP contribution in [0.15, 0.2) is 0 Å². The molecular weight excluding hydrogens is 279 g/mol. The van der Waals surface area contributed by atoms with Gasteiger partial charge in [0.2, 0.25) is 0 Å². The second-order valence-corrected chi connectivity index (χ2v) is 5.54. The van der Waals surface area contributed by atoms with Crippen molar-refractivity contribution in [3.63, 3.8) is 0 Å². The van der Waals surface area contributed by atoms with Crippen LogP contribution in [0.2, 0.25) is 0 Å². The largest absolute Gasteiger partial charge is 0.716 e. The van der Waals surface area contributed by atoms with Crippen molar-refractivity contribution in [1.82, 2.24) is 21.0 Å². The molecule has 8 heteroatoms. The average molecular weight is 307 g/mol. The lowest BCUT2D eigenvalue weighted by atomic mass is 10.4. The lowest BCUT2D eigenvalue weighted by Crippen LogP contribution is -2.41. The molecule has 118 valence electrons. The van der Waals surface area contributed by atoms with Gasteiger partial charge in [0.15, 0.2) is 0 Å². The third kappa shape index (κ3) is 9.72. The minimum Gasteiger partial charge on any atom is -0.314 e. The predicted octanol–water partition coefficient (Wildman–Crippen LogP) is 0.477. The zero-order valence-corrected chi connectivity index (χ0v) is 13.3. The van der Waals surface area contributed by atoms with E-state index in [1.165, 1.54) is 0 Å². The van der Waals surface area contributed by atoms with Crippen LogP contribution in [0.1, 0.15) is 19.8 Å². The number of hydrogen-bond acceptors (Lipinski definition) is 7. The fraction of sp³-hybridized carbons (Fsp3) is 1.00. The smallest absolute Gasteiger partial charge is 0.314 e. The fourth-order valence-corrected chi connectivity index (χ4v) is 2.41. The molecule has 1 aliphatic heterocycles. The van der Waals surface area contributed by atoms with Crippen molar-refractivity contribution >= 4 is 8.25 Å². The van der Waals surface area contributed by atoms with Crippen LogP contribution in [-0.4, -0.2) is 64.0 Å². The first-order valence-corrected chi connectivity index (χ1v) is 8.58. The normalized spacial score (nSPS) is 20.9. The first-order valence-electron chi connectivity index (χ1n) is 7.48. The van der Waals surface area contributed by atoms with Crippen molar-refractivity contribution in [3.8, 4) is 0 Å². The van der Waals surface area contributed by atoms with Gasteiger partial charge in [-0.05, 0) is 11.0 Å². The highest BCUT2D eigenvalue weighted by Crippen LogP contribution is 2.25. The summed E-state index contributed by atoms with van der Waals surface area (Å²) < 4.78 is 22.2. The van der Waals surface area contributed by atoms with Gasteiger partial charge in [-0.15, -0.1) is 9.59 Å². The first-order chi connectivity index (χ1) is 9.83. The van der Waals surface area contributed by atoms with E-state index < -0.39 is 8.25 Å². The van der Waals surface area contributed by atoms with Crippen molar-refractivity contribution < 1.29 is 13.7 Å². The van der Waals surface area contributed by atoms with E-state index in [9.17, 15) is 4.57 Å². The molecule has 1 saturated heterocycles. The van der Waals surface area contributed by atoms with Crippen LogP contribution in [0, 0.1) is 0 Å². The SMILES string of the molecule is CCCCO[P+](=O)ON1CCNCCNCCNCC1. The lowest BCUT2D eigenvalue weighted by Gasteiger charge is -2.17. The number of hydrogen-bond donors (Lipinski definition) is 3. The quantitative estimate of drug-likeness (QED) is 0.487. The van der Waals surface area contributed by atoms with Gasteiger partial charge in [0.05, 0.1) is 0 Å². The zero-order valence-electron chi connectivity index (χ0n) is 12.4. The van der Waals surface area contributed by atoms with Gasteiger partial charge in [0, 0.05) is 56.9 Å². The summed E-state index contributed by atoms with van der Waals surface area (Å²) in [6.07, 6.45) is 1.93. The summed E-state index contributed by atoms with van der Waals surface area (Å²) in [5.74, 6) is 0. The van der Waals surface area contributed by atoms with E-state index in [0.29, 0.717) is 19.7 Å². The van der Waals surface area contributed by atoms with E-state index in [2.05, 4.69) is 22.9 Å². The lowest BCUT2D eigenvalue weighted by molar-refractivity contribution is -0.0614. The molecule has 1 atom stereocenters. The summed E-state index contributed by atoms with van der Waals surface area (Å²) in [5, 5.41) is 11.7. The van der Waals surface area contributed by atoms with Crippen LogP contribution in [0.4, 0.5) is 0 Å². The second kappa shape index (κ2) is 12.6. The zero-order chi connectivity index (χ0) is 14.5. The topological polar surface area (TPSA) is 74.9 Å². The molecular formula is C12H28N4O3P+. The van der Waals surface area contributed by atoms with Gasteiger partial charge in [-0.25, -0.2) is 0 Å². The van der Waals surface area contributed by atoms with E-state index in [0.717, 1.165) is 52.1 Å². The van der Waals surface area contributed by atoms with Crippen LogP contribution in [-0.2, 0) is 13.7 Å². The summed E-state index contributed by atoms with van der Waals surface area (Å²) in [7, 11) is -2.05. The van der Waals surface area contributed by atoms with E-state index in [1.54, 1.807) is 5.06 Å². The van der Waals surface area contributed by atoms with Crippen molar-refractivity contribution in [1.29, 1.82) is 0 Å². The van der Waals surface area contributed by atoms with Crippen molar-refractivity contribution in [2.24, 2.45) is 0 Å². The molecule has 0 radical (unpaired) electrons.